The van der Waals surface area contributed by atoms with Crippen LogP contribution in [0.3, 0.4) is 0 Å². The fourth-order valence-electron chi connectivity index (χ4n) is 3.29. The second-order valence-corrected chi connectivity index (χ2v) is 10.1. The molecule has 0 aliphatic carbocycles. The number of anilines is 1. The van der Waals surface area contributed by atoms with E-state index in [2.05, 4.69) is 5.32 Å². The molecule has 3 amide bonds. The number of nitrogens with zero attached hydrogens (tertiary/aromatic N) is 1. The van der Waals surface area contributed by atoms with E-state index < -0.39 is 0 Å². The number of rotatable bonds is 7. The molecular weight excluding hydrogens is 543 g/mol. The standard InChI is InChI=1S/C26H19Cl3N2O4S/c1-15-2-8-19(12-20(15)28)30-24(32)14-35-22-9-5-17(10-21(22)29)11-23-25(33)31(26(34)36-23)13-16-3-6-18(27)7-4-16/h2-12H,13-14H2,1H3,(H,30,32)/b23-11-. The lowest BCUT2D eigenvalue weighted by molar-refractivity contribution is -0.123. The number of thioether (sulfide) groups is 1. The lowest BCUT2D eigenvalue weighted by Crippen LogP contribution is -2.27. The first kappa shape index (κ1) is 26.1. The Bertz CT molecular complexity index is 1380. The number of carbonyl (C=O) groups is 3. The summed E-state index contributed by atoms with van der Waals surface area (Å²) in [7, 11) is 0. The fourth-order valence-corrected chi connectivity index (χ4v) is 4.68. The largest absolute Gasteiger partial charge is 0.482 e. The van der Waals surface area contributed by atoms with Crippen LogP contribution >= 0.6 is 46.6 Å². The maximum absolute atomic E-state index is 12.8. The quantitative estimate of drug-likeness (QED) is 0.309. The van der Waals surface area contributed by atoms with Crippen molar-refractivity contribution in [3.8, 4) is 5.75 Å². The molecule has 3 aromatic carbocycles. The molecule has 0 spiro atoms. The molecule has 4 rings (SSSR count). The normalized spacial score (nSPS) is 14.4. The van der Waals surface area contributed by atoms with Crippen molar-refractivity contribution in [1.82, 2.24) is 4.90 Å². The molecular formula is C26H19Cl3N2O4S. The molecule has 3 aromatic rings. The summed E-state index contributed by atoms with van der Waals surface area (Å²) in [5, 5.41) is 3.74. The summed E-state index contributed by atoms with van der Waals surface area (Å²) in [6.07, 6.45) is 1.59. The second-order valence-electron chi connectivity index (χ2n) is 7.88. The second kappa shape index (κ2) is 11.4. The van der Waals surface area contributed by atoms with E-state index in [1.165, 1.54) is 4.90 Å². The van der Waals surface area contributed by atoms with Crippen LogP contribution in [0.4, 0.5) is 10.5 Å². The van der Waals surface area contributed by atoms with Crippen molar-refractivity contribution in [2.75, 3.05) is 11.9 Å². The first-order valence-electron chi connectivity index (χ1n) is 10.7. The molecule has 36 heavy (non-hydrogen) atoms. The van der Waals surface area contributed by atoms with Crippen molar-refractivity contribution in [3.05, 3.63) is 97.3 Å². The number of hydrogen-bond acceptors (Lipinski definition) is 5. The van der Waals surface area contributed by atoms with Crippen LogP contribution in [0.5, 0.6) is 5.75 Å². The molecule has 10 heteroatoms. The van der Waals surface area contributed by atoms with E-state index in [0.717, 1.165) is 22.9 Å². The van der Waals surface area contributed by atoms with Crippen LogP contribution in [0.25, 0.3) is 6.08 Å². The third-order valence-electron chi connectivity index (χ3n) is 5.20. The van der Waals surface area contributed by atoms with Gasteiger partial charge >= 0.3 is 0 Å². The molecule has 0 saturated carbocycles. The fraction of sp³-hybridized carbons (Fsp3) is 0.115. The van der Waals surface area contributed by atoms with Gasteiger partial charge in [-0.2, -0.15) is 0 Å². The highest BCUT2D eigenvalue weighted by Gasteiger charge is 2.35. The van der Waals surface area contributed by atoms with Crippen LogP contribution in [0.15, 0.2) is 65.6 Å². The zero-order valence-corrected chi connectivity index (χ0v) is 22.0. The van der Waals surface area contributed by atoms with Gasteiger partial charge in [0.05, 0.1) is 16.5 Å². The number of aryl methyl sites for hydroxylation is 1. The third kappa shape index (κ3) is 6.42. The average molecular weight is 562 g/mol. The SMILES string of the molecule is Cc1ccc(NC(=O)COc2ccc(/C=C3\SC(=O)N(Cc4ccc(Cl)cc4)C3=O)cc2Cl)cc1Cl. The van der Waals surface area contributed by atoms with E-state index in [1.54, 1.807) is 66.7 Å². The highest BCUT2D eigenvalue weighted by Crippen LogP contribution is 2.34. The summed E-state index contributed by atoms with van der Waals surface area (Å²) >= 11 is 19.2. The Morgan fingerprint density at radius 2 is 1.75 bits per heavy atom. The number of amides is 3. The summed E-state index contributed by atoms with van der Waals surface area (Å²) < 4.78 is 5.54. The van der Waals surface area contributed by atoms with Gasteiger partial charge in [0.25, 0.3) is 17.1 Å². The number of ether oxygens (including phenoxy) is 1. The summed E-state index contributed by atoms with van der Waals surface area (Å²) in [6.45, 7) is 1.77. The predicted octanol–water partition coefficient (Wildman–Crippen LogP) is 7.21. The molecule has 1 aliphatic rings. The minimum Gasteiger partial charge on any atom is -0.482 e. The Balaban J connectivity index is 1.37. The molecule has 0 atom stereocenters. The van der Waals surface area contributed by atoms with E-state index in [1.807, 2.05) is 6.92 Å². The van der Waals surface area contributed by atoms with Gasteiger partial charge in [-0.1, -0.05) is 59.1 Å². The number of benzene rings is 3. The molecule has 0 bridgehead atoms. The molecule has 1 saturated heterocycles. The average Bonchev–Trinajstić information content (AvgIpc) is 3.09. The van der Waals surface area contributed by atoms with Gasteiger partial charge in [-0.3, -0.25) is 19.3 Å². The molecule has 0 unspecified atom stereocenters. The molecule has 1 N–H and O–H groups in total. The van der Waals surface area contributed by atoms with Gasteiger partial charge in [0.2, 0.25) is 0 Å². The Morgan fingerprint density at radius 3 is 2.44 bits per heavy atom. The highest BCUT2D eigenvalue weighted by atomic mass is 35.5. The first-order chi connectivity index (χ1) is 17.2. The van der Waals surface area contributed by atoms with Crippen LogP contribution in [-0.2, 0) is 16.1 Å². The lowest BCUT2D eigenvalue weighted by atomic mass is 10.2. The van der Waals surface area contributed by atoms with E-state index in [4.69, 9.17) is 39.5 Å². The maximum atomic E-state index is 12.8. The zero-order valence-electron chi connectivity index (χ0n) is 18.9. The number of carbonyl (C=O) groups excluding carboxylic acids is 3. The van der Waals surface area contributed by atoms with Crippen LogP contribution in [0.2, 0.25) is 15.1 Å². The van der Waals surface area contributed by atoms with E-state index in [-0.39, 0.29) is 40.1 Å². The van der Waals surface area contributed by atoms with Crippen molar-refractivity contribution in [2.45, 2.75) is 13.5 Å². The number of imide groups is 1. The molecule has 1 heterocycles. The van der Waals surface area contributed by atoms with Crippen LogP contribution in [0.1, 0.15) is 16.7 Å². The van der Waals surface area contributed by atoms with Gasteiger partial charge in [-0.25, -0.2) is 0 Å². The molecule has 0 radical (unpaired) electrons. The van der Waals surface area contributed by atoms with Crippen LogP contribution in [0, 0.1) is 6.92 Å². The topological polar surface area (TPSA) is 75.7 Å². The molecule has 184 valence electrons. The molecule has 1 fully saturated rings. The van der Waals surface area contributed by atoms with Crippen molar-refractivity contribution >= 4 is 75.4 Å². The Morgan fingerprint density at radius 1 is 1.00 bits per heavy atom. The van der Waals surface area contributed by atoms with Crippen molar-refractivity contribution in [2.24, 2.45) is 0 Å². The van der Waals surface area contributed by atoms with E-state index in [0.29, 0.717) is 27.0 Å². The molecule has 6 nitrogen and oxygen atoms in total. The van der Waals surface area contributed by atoms with E-state index >= 15 is 0 Å². The van der Waals surface area contributed by atoms with Crippen molar-refractivity contribution in [1.29, 1.82) is 0 Å². The summed E-state index contributed by atoms with van der Waals surface area (Å²) in [5.41, 5.74) is 2.87. The Labute approximate surface area is 227 Å². The third-order valence-corrected chi connectivity index (χ3v) is 7.06. The minimum atomic E-state index is -0.385. The van der Waals surface area contributed by atoms with Crippen molar-refractivity contribution < 1.29 is 19.1 Å². The van der Waals surface area contributed by atoms with Crippen molar-refractivity contribution in [3.63, 3.8) is 0 Å². The van der Waals surface area contributed by atoms with Gasteiger partial charge in [0, 0.05) is 15.7 Å². The zero-order chi connectivity index (χ0) is 25.8. The minimum absolute atomic E-state index is 0.156. The molecule has 1 aliphatic heterocycles. The number of nitrogens with one attached hydrogen (secondary N) is 1. The Hall–Kier alpha value is -2.97. The molecule has 0 aromatic heterocycles. The smallest absolute Gasteiger partial charge is 0.293 e. The monoisotopic (exact) mass is 560 g/mol. The highest BCUT2D eigenvalue weighted by molar-refractivity contribution is 8.18. The maximum Gasteiger partial charge on any atom is 0.293 e. The summed E-state index contributed by atoms with van der Waals surface area (Å²) in [5.74, 6) is -0.449. The van der Waals surface area contributed by atoms with E-state index in [9.17, 15) is 14.4 Å². The summed E-state index contributed by atoms with van der Waals surface area (Å²) in [6, 6.07) is 17.1. The van der Waals surface area contributed by atoms with Gasteiger partial charge in [-0.05, 0) is 77.9 Å². The number of halogens is 3. The van der Waals surface area contributed by atoms with Gasteiger partial charge in [-0.15, -0.1) is 0 Å². The van der Waals surface area contributed by atoms with Crippen LogP contribution < -0.4 is 10.1 Å². The van der Waals surface area contributed by atoms with Gasteiger partial charge in [0.15, 0.2) is 6.61 Å². The lowest BCUT2D eigenvalue weighted by Gasteiger charge is -2.12. The summed E-state index contributed by atoms with van der Waals surface area (Å²) in [4.78, 5) is 38.9. The van der Waals surface area contributed by atoms with Crippen LogP contribution in [-0.4, -0.2) is 28.6 Å². The van der Waals surface area contributed by atoms with Gasteiger partial charge in [0.1, 0.15) is 5.75 Å². The predicted molar refractivity (Wildman–Crippen MR) is 145 cm³/mol. The van der Waals surface area contributed by atoms with Gasteiger partial charge < -0.3 is 10.1 Å². The Kier molecular flexibility index (Phi) is 8.26. The first-order valence-corrected chi connectivity index (χ1v) is 12.6. The number of hydrogen-bond donors (Lipinski definition) is 1.